The number of aliphatic imine (C=N–C) groups is 1. The lowest BCUT2D eigenvalue weighted by molar-refractivity contribution is -0.201. The number of guanidine groups is 1. The van der Waals surface area contributed by atoms with Gasteiger partial charge in [-0.15, -0.1) is 0 Å². The number of hydrogen-bond donors (Lipinski definition) is 2. The number of unbranched alkanes of at least 4 members (excludes halogenated alkanes) is 3. The van der Waals surface area contributed by atoms with Crippen LogP contribution >= 0.6 is 0 Å². The predicted octanol–water partition coefficient (Wildman–Crippen LogP) is 3.28. The van der Waals surface area contributed by atoms with Crippen LogP contribution in [-0.2, 0) is 32.0 Å². The molecule has 2 aromatic carbocycles. The standard InChI is InChI=1S/C30H34F3N5O6/c1-2-19-8-11-21(12-9-19)26(41)38-23-13-10-20(7-5-3-4-6-15-36-29(34)35)17-22(23)27(42)37(18-24(38)39)16-14-25(40)44-28(43)30(31,32)33/h8-13,17H,2-7,14-16,18H2,1H3,(H4,34,35,36). The Morgan fingerprint density at radius 2 is 1.61 bits per heavy atom. The molecular formula is C30H34F3N5O6. The molecule has 2 aromatic rings. The van der Waals surface area contributed by atoms with Crippen molar-refractivity contribution in [3.05, 3.63) is 64.7 Å². The Labute approximate surface area is 252 Å². The Kier molecular flexibility index (Phi) is 11.6. The van der Waals surface area contributed by atoms with Crippen LogP contribution in [0.3, 0.4) is 0 Å². The number of benzene rings is 2. The van der Waals surface area contributed by atoms with Crippen LogP contribution < -0.4 is 16.4 Å². The highest BCUT2D eigenvalue weighted by atomic mass is 19.4. The van der Waals surface area contributed by atoms with Crippen molar-refractivity contribution < 1.29 is 41.9 Å². The number of hydrogen-bond acceptors (Lipinski definition) is 7. The summed E-state index contributed by atoms with van der Waals surface area (Å²) in [4.78, 5) is 69.3. The smallest absolute Gasteiger partial charge is 0.386 e. The molecule has 44 heavy (non-hydrogen) atoms. The summed E-state index contributed by atoms with van der Waals surface area (Å²) in [6.07, 6.45) is -1.56. The lowest BCUT2D eigenvalue weighted by atomic mass is 10.0. The number of ether oxygens (including phenoxy) is 1. The summed E-state index contributed by atoms with van der Waals surface area (Å²) in [5, 5.41) is 0. The minimum Gasteiger partial charge on any atom is -0.386 e. The number of nitrogens with zero attached hydrogens (tertiary/aromatic N) is 3. The molecule has 1 aliphatic rings. The van der Waals surface area contributed by atoms with E-state index in [1.165, 1.54) is 6.07 Å². The molecule has 0 radical (unpaired) electrons. The van der Waals surface area contributed by atoms with Crippen LogP contribution in [0.1, 0.15) is 70.9 Å². The second kappa shape index (κ2) is 15.1. The first-order chi connectivity index (χ1) is 20.8. The maximum absolute atomic E-state index is 13.6. The third kappa shape index (κ3) is 9.12. The molecule has 0 atom stereocenters. The molecule has 0 fully saturated rings. The van der Waals surface area contributed by atoms with E-state index < -0.39 is 55.3 Å². The van der Waals surface area contributed by atoms with E-state index in [0.717, 1.165) is 53.0 Å². The van der Waals surface area contributed by atoms with E-state index in [2.05, 4.69) is 9.73 Å². The van der Waals surface area contributed by atoms with Crippen LogP contribution in [0.15, 0.2) is 47.5 Å². The van der Waals surface area contributed by atoms with Gasteiger partial charge in [0.05, 0.1) is 17.7 Å². The molecule has 0 aliphatic carbocycles. The molecular weight excluding hydrogens is 583 g/mol. The van der Waals surface area contributed by atoms with Gasteiger partial charge >= 0.3 is 18.1 Å². The van der Waals surface area contributed by atoms with Crippen molar-refractivity contribution in [1.82, 2.24) is 4.90 Å². The lowest BCUT2D eigenvalue weighted by Crippen LogP contribution is -2.43. The second-order valence-electron chi connectivity index (χ2n) is 10.1. The number of alkyl halides is 3. The van der Waals surface area contributed by atoms with Crippen LogP contribution in [0.25, 0.3) is 0 Å². The summed E-state index contributed by atoms with van der Waals surface area (Å²) in [7, 11) is 0. The Bertz CT molecular complexity index is 1420. The van der Waals surface area contributed by atoms with Crippen molar-refractivity contribution in [3.8, 4) is 0 Å². The summed E-state index contributed by atoms with van der Waals surface area (Å²) < 4.78 is 41.3. The van der Waals surface area contributed by atoms with Crippen LogP contribution in [-0.4, -0.2) is 66.3 Å². The minimum atomic E-state index is -5.37. The van der Waals surface area contributed by atoms with Gasteiger partial charge in [-0.3, -0.25) is 24.2 Å². The van der Waals surface area contributed by atoms with E-state index in [1.807, 2.05) is 6.92 Å². The third-order valence-electron chi connectivity index (χ3n) is 6.90. The number of fused-ring (bicyclic) bond motifs is 1. The van der Waals surface area contributed by atoms with E-state index in [4.69, 9.17) is 11.5 Å². The molecule has 3 rings (SSSR count). The molecule has 236 valence electrons. The van der Waals surface area contributed by atoms with Crippen molar-refractivity contribution >= 4 is 41.3 Å². The fourth-order valence-electron chi connectivity index (χ4n) is 4.57. The third-order valence-corrected chi connectivity index (χ3v) is 6.90. The largest absolute Gasteiger partial charge is 0.491 e. The lowest BCUT2D eigenvalue weighted by Gasteiger charge is -2.21. The van der Waals surface area contributed by atoms with E-state index in [9.17, 15) is 37.1 Å². The van der Waals surface area contributed by atoms with Gasteiger partial charge in [0, 0.05) is 18.7 Å². The Balaban J connectivity index is 1.84. The molecule has 1 aliphatic heterocycles. The van der Waals surface area contributed by atoms with Crippen molar-refractivity contribution in [3.63, 3.8) is 0 Å². The number of carbonyl (C=O) groups excluding carboxylic acids is 5. The van der Waals surface area contributed by atoms with Crippen LogP contribution in [0, 0.1) is 0 Å². The van der Waals surface area contributed by atoms with E-state index >= 15 is 0 Å². The average molecular weight is 618 g/mol. The zero-order chi connectivity index (χ0) is 32.4. The molecule has 4 N–H and O–H groups in total. The number of aryl methyl sites for hydroxylation is 2. The van der Waals surface area contributed by atoms with Gasteiger partial charge in [-0.25, -0.2) is 9.69 Å². The summed E-state index contributed by atoms with van der Waals surface area (Å²) in [6.45, 7) is 1.30. The van der Waals surface area contributed by atoms with Crippen molar-refractivity contribution in [2.75, 3.05) is 24.5 Å². The maximum atomic E-state index is 13.6. The van der Waals surface area contributed by atoms with Gasteiger partial charge in [-0.1, -0.05) is 38.0 Å². The normalized spacial score (nSPS) is 13.3. The minimum absolute atomic E-state index is 0.0133. The molecule has 1 heterocycles. The van der Waals surface area contributed by atoms with Gasteiger partial charge in [0.25, 0.3) is 17.7 Å². The molecule has 0 aromatic heterocycles. The number of carbonyl (C=O) groups is 5. The fourth-order valence-corrected chi connectivity index (χ4v) is 4.57. The highest BCUT2D eigenvalue weighted by molar-refractivity contribution is 6.25. The SMILES string of the molecule is CCc1ccc(C(=O)N2C(=O)CN(CCC(=O)OC(=O)C(F)(F)F)C(=O)c3cc(CCCCCCN=C(N)N)ccc32)cc1. The topological polar surface area (TPSA) is 165 Å². The van der Waals surface area contributed by atoms with E-state index in [0.29, 0.717) is 13.0 Å². The molecule has 0 saturated heterocycles. The monoisotopic (exact) mass is 617 g/mol. The number of anilines is 1. The van der Waals surface area contributed by atoms with Gasteiger partial charge < -0.3 is 21.1 Å². The molecule has 0 bridgehead atoms. The highest BCUT2D eigenvalue weighted by Gasteiger charge is 2.42. The van der Waals surface area contributed by atoms with E-state index in [1.54, 1.807) is 36.4 Å². The molecule has 0 unspecified atom stereocenters. The summed E-state index contributed by atoms with van der Waals surface area (Å²) >= 11 is 0. The second-order valence-corrected chi connectivity index (χ2v) is 10.1. The van der Waals surface area contributed by atoms with Gasteiger partial charge in [0.2, 0.25) is 0 Å². The molecule has 0 saturated carbocycles. The predicted molar refractivity (Wildman–Crippen MR) is 155 cm³/mol. The zero-order valence-electron chi connectivity index (χ0n) is 24.2. The Morgan fingerprint density at radius 1 is 0.955 bits per heavy atom. The number of esters is 2. The number of amides is 3. The molecule has 0 spiro atoms. The van der Waals surface area contributed by atoms with Crippen molar-refractivity contribution in [2.24, 2.45) is 16.5 Å². The van der Waals surface area contributed by atoms with Gasteiger partial charge in [0.1, 0.15) is 6.54 Å². The van der Waals surface area contributed by atoms with Gasteiger partial charge in [0.15, 0.2) is 5.96 Å². The quantitative estimate of drug-likeness (QED) is 0.0915. The van der Waals surface area contributed by atoms with Crippen LogP contribution in [0.2, 0.25) is 0 Å². The number of halogens is 3. The first kappa shape index (κ1) is 33.7. The van der Waals surface area contributed by atoms with Gasteiger partial charge in [-0.2, -0.15) is 13.2 Å². The fraction of sp³-hybridized carbons (Fsp3) is 0.400. The summed E-state index contributed by atoms with van der Waals surface area (Å²) in [5.74, 6) is -6.33. The first-order valence-electron chi connectivity index (χ1n) is 14.1. The highest BCUT2D eigenvalue weighted by Crippen LogP contribution is 2.30. The average Bonchev–Trinajstić information content (AvgIpc) is 3.07. The maximum Gasteiger partial charge on any atom is 0.491 e. The molecule has 3 amide bonds. The number of imide groups is 1. The number of rotatable bonds is 12. The van der Waals surface area contributed by atoms with Crippen LogP contribution in [0.4, 0.5) is 18.9 Å². The van der Waals surface area contributed by atoms with E-state index in [-0.39, 0.29) is 22.8 Å². The zero-order valence-corrected chi connectivity index (χ0v) is 24.2. The van der Waals surface area contributed by atoms with Crippen LogP contribution in [0.5, 0.6) is 0 Å². The number of nitrogens with two attached hydrogens (primary N) is 2. The first-order valence-corrected chi connectivity index (χ1v) is 14.1. The van der Waals surface area contributed by atoms with Crippen molar-refractivity contribution in [2.45, 2.75) is 58.0 Å². The molecule has 14 heteroatoms. The Morgan fingerprint density at radius 3 is 2.25 bits per heavy atom. The van der Waals surface area contributed by atoms with Crippen molar-refractivity contribution in [1.29, 1.82) is 0 Å². The molecule has 11 nitrogen and oxygen atoms in total. The summed E-state index contributed by atoms with van der Waals surface area (Å²) in [6, 6.07) is 11.5. The Hall–Kier alpha value is -4.75. The summed E-state index contributed by atoms with van der Waals surface area (Å²) in [5.41, 5.74) is 12.6. The van der Waals surface area contributed by atoms with Gasteiger partial charge in [-0.05, 0) is 61.1 Å².